The lowest BCUT2D eigenvalue weighted by molar-refractivity contribution is 0.571. The zero-order chi connectivity index (χ0) is 13.5. The highest BCUT2D eigenvalue weighted by molar-refractivity contribution is 6.35. The van der Waals surface area contributed by atoms with Crippen LogP contribution in [0.3, 0.4) is 0 Å². The molecule has 0 fully saturated rings. The maximum absolute atomic E-state index is 6.40. The second-order valence-corrected chi connectivity index (χ2v) is 6.54. The van der Waals surface area contributed by atoms with E-state index in [1.165, 1.54) is 5.56 Å². The number of nitrogens with zero attached hydrogens (tertiary/aromatic N) is 1. The molecule has 96 valence electrons. The average molecular weight is 262 g/mol. The topological polar surface area (TPSA) is 12.9 Å². The van der Waals surface area contributed by atoms with E-state index in [-0.39, 0.29) is 5.41 Å². The number of fused-ring (bicyclic) bond motifs is 1. The first-order valence-electron chi connectivity index (χ1n) is 6.40. The van der Waals surface area contributed by atoms with Gasteiger partial charge in [-0.3, -0.25) is 4.98 Å². The molecule has 0 atom stereocenters. The third kappa shape index (κ3) is 2.37. The summed E-state index contributed by atoms with van der Waals surface area (Å²) in [6.07, 6.45) is 0. The van der Waals surface area contributed by atoms with Crippen LogP contribution in [0, 0.1) is 0 Å². The molecular weight excluding hydrogens is 242 g/mol. The van der Waals surface area contributed by atoms with Crippen LogP contribution in [0.4, 0.5) is 0 Å². The Labute approximate surface area is 114 Å². The third-order valence-corrected chi connectivity index (χ3v) is 3.52. The minimum atomic E-state index is 0.0158. The monoisotopic (exact) mass is 261 g/mol. The Balaban J connectivity index is 2.81. The van der Waals surface area contributed by atoms with E-state index in [1.54, 1.807) is 0 Å². The molecule has 0 aliphatic heterocycles. The smallest absolute Gasteiger partial charge is 0.0755 e. The summed E-state index contributed by atoms with van der Waals surface area (Å²) in [5.41, 5.74) is 3.38. The molecule has 0 saturated heterocycles. The largest absolute Gasteiger partial charge is 0.252 e. The fourth-order valence-electron chi connectivity index (χ4n) is 2.08. The molecule has 0 radical (unpaired) electrons. The molecule has 1 heterocycles. The van der Waals surface area contributed by atoms with Gasteiger partial charge in [-0.05, 0) is 17.5 Å². The quantitative estimate of drug-likeness (QED) is 0.678. The van der Waals surface area contributed by atoms with Crippen LogP contribution in [0.1, 0.15) is 51.8 Å². The van der Waals surface area contributed by atoms with Crippen LogP contribution >= 0.6 is 11.6 Å². The second kappa shape index (κ2) is 4.55. The summed E-state index contributed by atoms with van der Waals surface area (Å²) < 4.78 is 0. The van der Waals surface area contributed by atoms with E-state index in [9.17, 15) is 0 Å². The molecule has 0 aliphatic carbocycles. The van der Waals surface area contributed by atoms with Crippen LogP contribution in [0.25, 0.3) is 10.9 Å². The van der Waals surface area contributed by atoms with E-state index < -0.39 is 0 Å². The third-order valence-electron chi connectivity index (χ3n) is 3.21. The van der Waals surface area contributed by atoms with Gasteiger partial charge < -0.3 is 0 Å². The maximum atomic E-state index is 6.40. The van der Waals surface area contributed by atoms with E-state index in [0.29, 0.717) is 5.92 Å². The summed E-state index contributed by atoms with van der Waals surface area (Å²) in [5, 5.41) is 1.85. The highest BCUT2D eigenvalue weighted by Gasteiger charge is 2.18. The Morgan fingerprint density at radius 1 is 1.17 bits per heavy atom. The van der Waals surface area contributed by atoms with Crippen molar-refractivity contribution in [3.05, 3.63) is 40.5 Å². The van der Waals surface area contributed by atoms with E-state index >= 15 is 0 Å². The van der Waals surface area contributed by atoms with Crippen molar-refractivity contribution in [2.75, 3.05) is 0 Å². The predicted octanol–water partition coefficient (Wildman–Crippen LogP) is 5.31. The molecule has 18 heavy (non-hydrogen) atoms. The Morgan fingerprint density at radius 3 is 2.39 bits per heavy atom. The fraction of sp³-hybridized carbons (Fsp3) is 0.438. The first-order valence-corrected chi connectivity index (χ1v) is 6.78. The normalized spacial score (nSPS) is 12.4. The lowest BCUT2D eigenvalue weighted by Gasteiger charge is -2.20. The van der Waals surface area contributed by atoms with Crippen LogP contribution in [-0.2, 0) is 5.41 Å². The van der Waals surface area contributed by atoms with Crippen molar-refractivity contribution in [3.8, 4) is 0 Å². The molecular formula is C16H20ClN. The molecule has 2 aromatic rings. The van der Waals surface area contributed by atoms with Gasteiger partial charge in [-0.25, -0.2) is 0 Å². The van der Waals surface area contributed by atoms with E-state index in [0.717, 1.165) is 21.6 Å². The lowest BCUT2D eigenvalue weighted by Crippen LogP contribution is -2.14. The number of aromatic nitrogens is 1. The molecule has 0 unspecified atom stereocenters. The SMILES string of the molecule is CC(C)c1cccc2c(Cl)cc(C(C)(C)C)nc12. The van der Waals surface area contributed by atoms with Crippen molar-refractivity contribution in [3.63, 3.8) is 0 Å². The van der Waals surface area contributed by atoms with Gasteiger partial charge in [0.1, 0.15) is 0 Å². The van der Waals surface area contributed by atoms with Crippen molar-refractivity contribution in [2.45, 2.75) is 46.0 Å². The number of halogens is 1. The molecule has 0 N–H and O–H groups in total. The van der Waals surface area contributed by atoms with Gasteiger partial charge in [0.15, 0.2) is 0 Å². The van der Waals surface area contributed by atoms with Crippen molar-refractivity contribution in [1.82, 2.24) is 4.98 Å². The minimum absolute atomic E-state index is 0.0158. The van der Waals surface area contributed by atoms with Crippen LogP contribution in [0.2, 0.25) is 5.02 Å². The zero-order valence-corrected chi connectivity index (χ0v) is 12.5. The summed E-state index contributed by atoms with van der Waals surface area (Å²) in [4.78, 5) is 4.84. The predicted molar refractivity (Wildman–Crippen MR) is 79.5 cm³/mol. The summed E-state index contributed by atoms with van der Waals surface area (Å²) in [7, 11) is 0. The summed E-state index contributed by atoms with van der Waals surface area (Å²) in [5.74, 6) is 0.451. The Bertz CT molecular complexity index is 579. The summed E-state index contributed by atoms with van der Waals surface area (Å²) in [6.45, 7) is 10.9. The van der Waals surface area contributed by atoms with E-state index in [2.05, 4.69) is 46.8 Å². The van der Waals surface area contributed by atoms with Gasteiger partial charge in [-0.2, -0.15) is 0 Å². The van der Waals surface area contributed by atoms with Crippen LogP contribution in [-0.4, -0.2) is 4.98 Å². The van der Waals surface area contributed by atoms with Gasteiger partial charge in [0.2, 0.25) is 0 Å². The molecule has 0 spiro atoms. The van der Waals surface area contributed by atoms with E-state index in [4.69, 9.17) is 16.6 Å². The number of hydrogen-bond donors (Lipinski definition) is 0. The highest BCUT2D eigenvalue weighted by atomic mass is 35.5. The second-order valence-electron chi connectivity index (χ2n) is 6.14. The van der Waals surface area contributed by atoms with Gasteiger partial charge in [0, 0.05) is 16.5 Å². The summed E-state index contributed by atoms with van der Waals surface area (Å²) in [6, 6.07) is 8.24. The van der Waals surface area contributed by atoms with Gasteiger partial charge in [0.05, 0.1) is 10.5 Å². The van der Waals surface area contributed by atoms with Gasteiger partial charge in [-0.15, -0.1) is 0 Å². The van der Waals surface area contributed by atoms with Crippen molar-refractivity contribution in [1.29, 1.82) is 0 Å². The van der Waals surface area contributed by atoms with Gasteiger partial charge in [-0.1, -0.05) is 64.4 Å². The van der Waals surface area contributed by atoms with Crippen molar-refractivity contribution < 1.29 is 0 Å². The number of hydrogen-bond acceptors (Lipinski definition) is 1. The molecule has 0 bridgehead atoms. The van der Waals surface area contributed by atoms with Gasteiger partial charge in [0.25, 0.3) is 0 Å². The molecule has 0 amide bonds. The molecule has 0 aliphatic rings. The molecule has 1 nitrogen and oxygen atoms in total. The van der Waals surface area contributed by atoms with Crippen LogP contribution in [0.5, 0.6) is 0 Å². The Hall–Kier alpha value is -1.08. The lowest BCUT2D eigenvalue weighted by atomic mass is 9.90. The summed E-state index contributed by atoms with van der Waals surface area (Å²) >= 11 is 6.40. The molecule has 1 aromatic heterocycles. The van der Waals surface area contributed by atoms with Crippen molar-refractivity contribution in [2.24, 2.45) is 0 Å². The Morgan fingerprint density at radius 2 is 1.83 bits per heavy atom. The van der Waals surface area contributed by atoms with Crippen molar-refractivity contribution >= 4 is 22.5 Å². The minimum Gasteiger partial charge on any atom is -0.252 e. The molecule has 1 aromatic carbocycles. The van der Waals surface area contributed by atoms with Gasteiger partial charge >= 0.3 is 0 Å². The number of para-hydroxylation sites is 1. The van der Waals surface area contributed by atoms with Crippen LogP contribution in [0.15, 0.2) is 24.3 Å². The standard InChI is InChI=1S/C16H20ClN/c1-10(2)11-7-6-8-12-13(17)9-14(16(3,4)5)18-15(11)12/h6-10H,1-5H3. The van der Waals surface area contributed by atoms with Crippen LogP contribution < -0.4 is 0 Å². The van der Waals surface area contributed by atoms with E-state index in [1.807, 2.05) is 12.1 Å². The molecule has 0 saturated carbocycles. The first kappa shape index (κ1) is 13.4. The maximum Gasteiger partial charge on any atom is 0.0755 e. The Kier molecular flexibility index (Phi) is 3.37. The first-order chi connectivity index (χ1) is 8.30. The molecule has 2 rings (SSSR count). The average Bonchev–Trinajstić information content (AvgIpc) is 2.26. The zero-order valence-electron chi connectivity index (χ0n) is 11.7. The number of benzene rings is 1. The number of rotatable bonds is 1. The number of pyridine rings is 1. The molecule has 2 heteroatoms. The fourth-order valence-corrected chi connectivity index (χ4v) is 2.34. The highest BCUT2D eigenvalue weighted by Crippen LogP contribution is 2.32.